The fraction of sp³-hybridized carbons (Fsp3) is 0.875. The van der Waals surface area contributed by atoms with Crippen LogP contribution in [0.2, 0.25) is 0 Å². The van der Waals surface area contributed by atoms with E-state index in [9.17, 15) is 18.0 Å². The number of carbonyl (C=O) groups excluding carboxylic acids is 2. The lowest BCUT2D eigenvalue weighted by Crippen LogP contribution is -2.40. The molecule has 2 aliphatic rings. The molecule has 2 rings (SSSR count). The maximum atomic E-state index is 12.1. The van der Waals surface area contributed by atoms with Gasteiger partial charge >= 0.3 is 0 Å². The fourth-order valence-corrected chi connectivity index (χ4v) is 5.36. The average molecular weight is 359 g/mol. The second kappa shape index (κ2) is 8.29. The van der Waals surface area contributed by atoms with Crippen LogP contribution in [0.1, 0.15) is 51.4 Å². The Labute approximate surface area is 144 Å². The first-order valence-corrected chi connectivity index (χ1v) is 10.6. The molecule has 1 aliphatic heterocycles. The summed E-state index contributed by atoms with van der Waals surface area (Å²) in [6, 6.07) is -0.291. The normalized spacial score (nSPS) is 25.1. The van der Waals surface area contributed by atoms with Gasteiger partial charge in [0.2, 0.25) is 11.8 Å². The van der Waals surface area contributed by atoms with E-state index in [4.69, 9.17) is 5.73 Å². The van der Waals surface area contributed by atoms with Gasteiger partial charge in [0.25, 0.3) is 0 Å². The summed E-state index contributed by atoms with van der Waals surface area (Å²) < 4.78 is 22.7. The highest BCUT2D eigenvalue weighted by Gasteiger charge is 2.33. The van der Waals surface area contributed by atoms with Gasteiger partial charge < -0.3 is 16.4 Å². The number of nitrogens with two attached hydrogens (primary N) is 1. The summed E-state index contributed by atoms with van der Waals surface area (Å²) in [5.41, 5.74) is 5.80. The third kappa shape index (κ3) is 5.73. The Kier molecular flexibility index (Phi) is 6.62. The number of amides is 2. The first-order chi connectivity index (χ1) is 11.3. The Morgan fingerprint density at radius 1 is 1.12 bits per heavy atom. The maximum absolute atomic E-state index is 12.1. The number of nitrogens with one attached hydrogen (secondary N) is 2. The van der Waals surface area contributed by atoms with Crippen molar-refractivity contribution in [3.63, 3.8) is 0 Å². The van der Waals surface area contributed by atoms with Gasteiger partial charge in [-0.25, -0.2) is 8.42 Å². The third-order valence-electron chi connectivity index (χ3n) is 5.15. The molecule has 138 valence electrons. The van der Waals surface area contributed by atoms with Gasteiger partial charge in [-0.2, -0.15) is 0 Å². The van der Waals surface area contributed by atoms with Gasteiger partial charge in [0.1, 0.15) is 0 Å². The molecule has 1 unspecified atom stereocenters. The Morgan fingerprint density at radius 3 is 2.42 bits per heavy atom. The summed E-state index contributed by atoms with van der Waals surface area (Å²) in [5.74, 6) is -0.123. The molecule has 0 radical (unpaired) electrons. The van der Waals surface area contributed by atoms with Crippen molar-refractivity contribution >= 4 is 21.7 Å². The number of rotatable bonds is 7. The van der Waals surface area contributed by atoms with Gasteiger partial charge in [-0.15, -0.1) is 0 Å². The molecule has 8 heteroatoms. The molecule has 1 saturated carbocycles. The lowest BCUT2D eigenvalue weighted by atomic mass is 9.71. The molecule has 0 aromatic carbocycles. The van der Waals surface area contributed by atoms with Gasteiger partial charge in [0.05, 0.1) is 11.5 Å². The van der Waals surface area contributed by atoms with Crippen molar-refractivity contribution in [2.24, 2.45) is 11.1 Å². The zero-order chi connectivity index (χ0) is 17.6. The largest absolute Gasteiger partial charge is 0.356 e. The lowest BCUT2D eigenvalue weighted by molar-refractivity contribution is -0.124. The van der Waals surface area contributed by atoms with Crippen LogP contribution in [0.5, 0.6) is 0 Å². The SMILES string of the molecule is NCC1(CC(=O)NCCC(=O)NC2CCS(=O)(=O)C2)CCCCC1. The van der Waals surface area contributed by atoms with Crippen LogP contribution >= 0.6 is 0 Å². The molecule has 1 aliphatic carbocycles. The Balaban J connectivity index is 1.66. The van der Waals surface area contributed by atoms with Crippen LogP contribution in [0.15, 0.2) is 0 Å². The molecule has 0 aromatic rings. The molecule has 2 amide bonds. The molecule has 1 atom stereocenters. The van der Waals surface area contributed by atoms with E-state index in [-0.39, 0.29) is 47.7 Å². The minimum absolute atomic E-state index is 0.0180. The summed E-state index contributed by atoms with van der Waals surface area (Å²) in [7, 11) is -3.00. The Bertz CT molecular complexity index is 556. The smallest absolute Gasteiger partial charge is 0.222 e. The second-order valence-electron chi connectivity index (χ2n) is 7.21. The molecule has 1 heterocycles. The van der Waals surface area contributed by atoms with Crippen LogP contribution < -0.4 is 16.4 Å². The molecule has 7 nitrogen and oxygen atoms in total. The topological polar surface area (TPSA) is 118 Å². The van der Waals surface area contributed by atoms with Gasteiger partial charge in [-0.1, -0.05) is 19.3 Å². The summed E-state index contributed by atoms with van der Waals surface area (Å²) in [5, 5.41) is 5.51. The molecule has 0 bridgehead atoms. The van der Waals surface area contributed by atoms with Crippen LogP contribution in [0.25, 0.3) is 0 Å². The van der Waals surface area contributed by atoms with Crippen molar-refractivity contribution in [3.05, 3.63) is 0 Å². The second-order valence-corrected chi connectivity index (χ2v) is 9.44. The quantitative estimate of drug-likeness (QED) is 0.595. The van der Waals surface area contributed by atoms with Gasteiger partial charge in [0, 0.05) is 25.4 Å². The highest BCUT2D eigenvalue weighted by molar-refractivity contribution is 7.91. The van der Waals surface area contributed by atoms with Crippen LogP contribution in [0.4, 0.5) is 0 Å². The Hall–Kier alpha value is -1.15. The maximum Gasteiger partial charge on any atom is 0.222 e. The number of sulfone groups is 1. The van der Waals surface area contributed by atoms with Crippen LogP contribution in [0, 0.1) is 5.41 Å². The van der Waals surface area contributed by atoms with Crippen molar-refractivity contribution < 1.29 is 18.0 Å². The molecular weight excluding hydrogens is 330 g/mol. The van der Waals surface area contributed by atoms with Crippen molar-refractivity contribution in [2.45, 2.75) is 57.4 Å². The van der Waals surface area contributed by atoms with Gasteiger partial charge in [-0.05, 0) is 31.2 Å². The van der Waals surface area contributed by atoms with Crippen LogP contribution in [-0.2, 0) is 19.4 Å². The summed E-state index contributed by atoms with van der Waals surface area (Å²) in [4.78, 5) is 23.9. The zero-order valence-corrected chi connectivity index (χ0v) is 15.0. The van der Waals surface area contributed by atoms with E-state index in [1.807, 2.05) is 0 Å². The first kappa shape index (κ1) is 19.2. The van der Waals surface area contributed by atoms with E-state index < -0.39 is 9.84 Å². The minimum Gasteiger partial charge on any atom is -0.356 e. The average Bonchev–Trinajstić information content (AvgIpc) is 2.86. The van der Waals surface area contributed by atoms with Crippen molar-refractivity contribution in [3.8, 4) is 0 Å². The molecule has 0 aromatic heterocycles. The van der Waals surface area contributed by atoms with Crippen LogP contribution in [0.3, 0.4) is 0 Å². The molecule has 1 saturated heterocycles. The lowest BCUT2D eigenvalue weighted by Gasteiger charge is -2.35. The first-order valence-electron chi connectivity index (χ1n) is 8.81. The van der Waals surface area contributed by atoms with Crippen molar-refractivity contribution in [1.82, 2.24) is 10.6 Å². The van der Waals surface area contributed by atoms with E-state index in [1.54, 1.807) is 0 Å². The van der Waals surface area contributed by atoms with E-state index >= 15 is 0 Å². The molecule has 2 fully saturated rings. The minimum atomic E-state index is -3.00. The number of hydrogen-bond acceptors (Lipinski definition) is 5. The molecule has 4 N–H and O–H groups in total. The van der Waals surface area contributed by atoms with E-state index in [0.29, 0.717) is 19.4 Å². The van der Waals surface area contributed by atoms with Gasteiger partial charge in [0.15, 0.2) is 9.84 Å². The van der Waals surface area contributed by atoms with Crippen molar-refractivity contribution in [2.75, 3.05) is 24.6 Å². The fourth-order valence-electron chi connectivity index (χ4n) is 3.68. The standard InChI is InChI=1S/C16H29N3O4S/c17-12-16(6-2-1-3-7-16)10-15(21)18-8-4-14(20)19-13-5-9-24(22,23)11-13/h13H,1-12,17H2,(H,18,21)(H,19,20). The summed E-state index contributed by atoms with van der Waals surface area (Å²) in [6.45, 7) is 0.794. The van der Waals surface area contributed by atoms with Crippen LogP contribution in [-0.4, -0.2) is 50.9 Å². The summed E-state index contributed by atoms with van der Waals surface area (Å²) >= 11 is 0. The van der Waals surface area contributed by atoms with Crippen molar-refractivity contribution in [1.29, 1.82) is 0 Å². The predicted molar refractivity (Wildman–Crippen MR) is 92.0 cm³/mol. The van der Waals surface area contributed by atoms with Gasteiger partial charge in [-0.3, -0.25) is 9.59 Å². The van der Waals surface area contributed by atoms with E-state index in [1.165, 1.54) is 6.42 Å². The summed E-state index contributed by atoms with van der Waals surface area (Å²) in [6.07, 6.45) is 6.50. The molecule has 0 spiro atoms. The predicted octanol–water partition coefficient (Wildman–Crippen LogP) is 0.0953. The highest BCUT2D eigenvalue weighted by Crippen LogP contribution is 2.38. The number of hydrogen-bond donors (Lipinski definition) is 3. The Morgan fingerprint density at radius 2 is 1.83 bits per heavy atom. The molecular formula is C16H29N3O4S. The molecule has 24 heavy (non-hydrogen) atoms. The van der Waals surface area contributed by atoms with E-state index in [0.717, 1.165) is 25.7 Å². The zero-order valence-electron chi connectivity index (χ0n) is 14.2. The third-order valence-corrected chi connectivity index (χ3v) is 6.92. The highest BCUT2D eigenvalue weighted by atomic mass is 32.2. The monoisotopic (exact) mass is 359 g/mol. The number of carbonyl (C=O) groups is 2. The van der Waals surface area contributed by atoms with E-state index in [2.05, 4.69) is 10.6 Å².